The molecule has 1 fully saturated rings. The average Bonchev–Trinajstić information content (AvgIpc) is 3.21. The third kappa shape index (κ3) is 5.29. The third-order valence-corrected chi connectivity index (χ3v) is 6.97. The number of ketones is 1. The van der Waals surface area contributed by atoms with E-state index in [4.69, 9.17) is 16.3 Å². The number of rotatable bonds is 7. The molecule has 0 spiro atoms. The maximum atomic E-state index is 13.4. The van der Waals surface area contributed by atoms with Crippen LogP contribution >= 0.6 is 11.6 Å². The smallest absolute Gasteiger partial charge is 0.294 e. The number of carbonyl (C=O) groups is 3. The van der Waals surface area contributed by atoms with Crippen molar-refractivity contribution in [3.05, 3.63) is 70.1 Å². The first-order valence-electron chi connectivity index (χ1n) is 11.8. The SMILES string of the molecule is COCn1cc(C(=O)C(=O)N(C)C)c2cc(C(=O)N3CCC(Cc4ccc(F)cc4)CC3)c(Cl)cc21. The molecule has 1 aliphatic heterocycles. The molecule has 1 aromatic heterocycles. The number of fused-ring (bicyclic) bond motifs is 1. The summed E-state index contributed by atoms with van der Waals surface area (Å²) in [4.78, 5) is 41.7. The van der Waals surface area contributed by atoms with Gasteiger partial charge in [-0.3, -0.25) is 14.4 Å². The minimum absolute atomic E-state index is 0.158. The summed E-state index contributed by atoms with van der Waals surface area (Å²) in [6.45, 7) is 1.31. The Labute approximate surface area is 214 Å². The predicted octanol–water partition coefficient (Wildman–Crippen LogP) is 4.40. The highest BCUT2D eigenvalue weighted by molar-refractivity contribution is 6.45. The molecule has 0 aliphatic carbocycles. The van der Waals surface area contributed by atoms with Crippen molar-refractivity contribution < 1.29 is 23.5 Å². The van der Waals surface area contributed by atoms with E-state index in [1.54, 1.807) is 39.9 Å². The van der Waals surface area contributed by atoms with E-state index in [1.807, 2.05) is 0 Å². The van der Waals surface area contributed by atoms with E-state index in [-0.39, 0.29) is 29.0 Å². The Morgan fingerprint density at radius 2 is 1.75 bits per heavy atom. The molecule has 190 valence electrons. The molecule has 36 heavy (non-hydrogen) atoms. The van der Waals surface area contributed by atoms with Crippen molar-refractivity contribution >= 4 is 40.1 Å². The molecule has 0 radical (unpaired) electrons. The Balaban J connectivity index is 1.56. The van der Waals surface area contributed by atoms with E-state index >= 15 is 0 Å². The van der Waals surface area contributed by atoms with Crippen molar-refractivity contribution in [3.8, 4) is 0 Å². The quantitative estimate of drug-likeness (QED) is 0.347. The number of likely N-dealkylation sites (N-methyl/N-ethyl adjacent to an activating group) is 1. The van der Waals surface area contributed by atoms with Crippen LogP contribution in [-0.2, 0) is 22.7 Å². The van der Waals surface area contributed by atoms with Crippen LogP contribution in [0.15, 0.2) is 42.6 Å². The van der Waals surface area contributed by atoms with Gasteiger partial charge in [0.05, 0.1) is 21.7 Å². The van der Waals surface area contributed by atoms with Crippen LogP contribution in [0.5, 0.6) is 0 Å². The summed E-state index contributed by atoms with van der Waals surface area (Å²) < 4.78 is 20.1. The number of Topliss-reactive ketones (excluding diaryl/α,β-unsaturated/α-hetero) is 1. The van der Waals surface area contributed by atoms with Crippen molar-refractivity contribution in [2.75, 3.05) is 34.3 Å². The number of likely N-dealkylation sites (tertiary alicyclic amines) is 1. The lowest BCUT2D eigenvalue weighted by Crippen LogP contribution is -2.39. The van der Waals surface area contributed by atoms with Crippen LogP contribution in [-0.4, -0.2) is 66.3 Å². The van der Waals surface area contributed by atoms with Gasteiger partial charge in [0.15, 0.2) is 0 Å². The highest BCUT2D eigenvalue weighted by Crippen LogP contribution is 2.31. The van der Waals surface area contributed by atoms with Crippen LogP contribution in [0, 0.1) is 11.7 Å². The number of amides is 2. The molecule has 2 heterocycles. The lowest BCUT2D eigenvalue weighted by Gasteiger charge is -2.32. The van der Waals surface area contributed by atoms with Crippen LogP contribution in [0.3, 0.4) is 0 Å². The number of carbonyl (C=O) groups excluding carboxylic acids is 3. The molecule has 7 nitrogen and oxygen atoms in total. The zero-order chi connectivity index (χ0) is 26.0. The maximum absolute atomic E-state index is 13.4. The molecule has 0 bridgehead atoms. The van der Waals surface area contributed by atoms with Gasteiger partial charge in [-0.15, -0.1) is 0 Å². The maximum Gasteiger partial charge on any atom is 0.294 e. The topological polar surface area (TPSA) is 71.8 Å². The fourth-order valence-corrected chi connectivity index (χ4v) is 4.92. The summed E-state index contributed by atoms with van der Waals surface area (Å²) in [6, 6.07) is 9.79. The predicted molar refractivity (Wildman–Crippen MR) is 136 cm³/mol. The van der Waals surface area contributed by atoms with Gasteiger partial charge in [-0.25, -0.2) is 4.39 Å². The molecule has 3 aromatic rings. The number of hydrogen-bond acceptors (Lipinski definition) is 4. The summed E-state index contributed by atoms with van der Waals surface area (Å²) in [5.41, 5.74) is 2.18. The highest BCUT2D eigenvalue weighted by atomic mass is 35.5. The molecule has 9 heteroatoms. The van der Waals surface area contributed by atoms with Crippen molar-refractivity contribution in [1.29, 1.82) is 0 Å². The first-order chi connectivity index (χ1) is 17.2. The monoisotopic (exact) mass is 513 g/mol. The fourth-order valence-electron chi connectivity index (χ4n) is 4.68. The Morgan fingerprint density at radius 3 is 2.36 bits per heavy atom. The minimum atomic E-state index is -0.665. The van der Waals surface area contributed by atoms with Crippen LogP contribution < -0.4 is 0 Å². The molecule has 2 amide bonds. The average molecular weight is 514 g/mol. The van der Waals surface area contributed by atoms with Gasteiger partial charge in [-0.1, -0.05) is 23.7 Å². The zero-order valence-electron chi connectivity index (χ0n) is 20.6. The van der Waals surface area contributed by atoms with Crippen molar-refractivity contribution in [2.45, 2.75) is 26.0 Å². The Morgan fingerprint density at radius 1 is 1.08 bits per heavy atom. The van der Waals surface area contributed by atoms with Gasteiger partial charge < -0.3 is 19.1 Å². The van der Waals surface area contributed by atoms with E-state index in [0.717, 1.165) is 24.8 Å². The zero-order valence-corrected chi connectivity index (χ0v) is 21.3. The number of hydrogen-bond donors (Lipinski definition) is 0. The van der Waals surface area contributed by atoms with E-state index in [1.165, 1.54) is 38.2 Å². The van der Waals surface area contributed by atoms with Gasteiger partial charge in [0.25, 0.3) is 17.6 Å². The van der Waals surface area contributed by atoms with E-state index in [9.17, 15) is 18.8 Å². The summed E-state index contributed by atoms with van der Waals surface area (Å²) in [6.07, 6.45) is 4.05. The first-order valence-corrected chi connectivity index (χ1v) is 12.2. The fraction of sp³-hybridized carbons (Fsp3) is 0.370. The molecule has 4 rings (SSSR count). The Hall–Kier alpha value is -3.23. The van der Waals surface area contributed by atoms with Gasteiger partial charge in [0, 0.05) is 45.9 Å². The molecule has 0 atom stereocenters. The second-order valence-corrected chi connectivity index (χ2v) is 9.78. The van der Waals surface area contributed by atoms with Gasteiger partial charge in [-0.05, 0) is 55.0 Å². The first kappa shape index (κ1) is 25.9. The van der Waals surface area contributed by atoms with Gasteiger partial charge in [-0.2, -0.15) is 0 Å². The van der Waals surface area contributed by atoms with Crippen LogP contribution in [0.4, 0.5) is 4.39 Å². The number of benzene rings is 2. The van der Waals surface area contributed by atoms with Crippen LogP contribution in [0.25, 0.3) is 10.9 Å². The minimum Gasteiger partial charge on any atom is -0.364 e. The molecule has 0 saturated carbocycles. The van der Waals surface area contributed by atoms with E-state index in [0.29, 0.717) is 35.5 Å². The van der Waals surface area contributed by atoms with Crippen molar-refractivity contribution in [2.24, 2.45) is 5.92 Å². The summed E-state index contributed by atoms with van der Waals surface area (Å²) in [5, 5.41) is 0.750. The lowest BCUT2D eigenvalue weighted by molar-refractivity contribution is -0.124. The van der Waals surface area contributed by atoms with Crippen LogP contribution in [0.2, 0.25) is 5.02 Å². The summed E-state index contributed by atoms with van der Waals surface area (Å²) in [7, 11) is 4.55. The number of halogens is 2. The number of nitrogens with zero attached hydrogens (tertiary/aromatic N) is 3. The molecule has 1 aliphatic rings. The van der Waals surface area contributed by atoms with E-state index < -0.39 is 11.7 Å². The summed E-state index contributed by atoms with van der Waals surface area (Å²) in [5.74, 6) is -1.37. The number of methoxy groups -OCH3 is 1. The van der Waals surface area contributed by atoms with Crippen molar-refractivity contribution in [1.82, 2.24) is 14.4 Å². The molecule has 0 unspecified atom stereocenters. The van der Waals surface area contributed by atoms with Gasteiger partial charge in [0.2, 0.25) is 0 Å². The van der Waals surface area contributed by atoms with Crippen molar-refractivity contribution in [3.63, 3.8) is 0 Å². The van der Waals surface area contributed by atoms with E-state index in [2.05, 4.69) is 0 Å². The normalized spacial score (nSPS) is 14.3. The molecule has 0 N–H and O–H groups in total. The van der Waals surface area contributed by atoms with Crippen LogP contribution in [0.1, 0.15) is 39.1 Å². The molecular formula is C27H29ClFN3O4. The second-order valence-electron chi connectivity index (χ2n) is 9.37. The largest absolute Gasteiger partial charge is 0.364 e. The Bertz CT molecular complexity index is 1290. The molecular weight excluding hydrogens is 485 g/mol. The second kappa shape index (κ2) is 10.8. The number of piperidine rings is 1. The summed E-state index contributed by atoms with van der Waals surface area (Å²) >= 11 is 6.55. The number of aromatic nitrogens is 1. The lowest BCUT2D eigenvalue weighted by atomic mass is 9.90. The Kier molecular flexibility index (Phi) is 7.76. The third-order valence-electron chi connectivity index (χ3n) is 6.65. The van der Waals surface area contributed by atoms with Gasteiger partial charge in [0.1, 0.15) is 12.5 Å². The highest BCUT2D eigenvalue weighted by Gasteiger charge is 2.28. The molecule has 1 saturated heterocycles. The van der Waals surface area contributed by atoms with Gasteiger partial charge >= 0.3 is 0 Å². The molecule has 2 aromatic carbocycles. The number of ether oxygens (including phenoxy) is 1. The standard InChI is InChI=1S/C27H29ClFN3O4/c1-30(2)27(35)25(33)22-15-32(16-36-3)24-14-23(28)21(13-20(22)24)26(34)31-10-8-18(9-11-31)12-17-4-6-19(29)7-5-17/h4-7,13-15,18H,8-12,16H2,1-3H3.